The molecule has 0 aromatic rings. The zero-order valence-corrected chi connectivity index (χ0v) is 11.3. The van der Waals surface area contributed by atoms with Gasteiger partial charge in [-0.2, -0.15) is 65.9 Å². The maximum absolute atomic E-state index is 12.9. The first-order valence-corrected chi connectivity index (χ1v) is 5.35. The summed E-state index contributed by atoms with van der Waals surface area (Å²) in [5, 5.41) is -3.58. The summed E-state index contributed by atoms with van der Waals surface area (Å²) in [5.74, 6) is -54.5. The molecule has 0 saturated heterocycles. The standard InChI is InChI=1S/C8F17NO/c9-2(10,1(27)26(24)25)3(11,12)4(13,14)5(15,16)6(17,18)7(19,20)8(21,22)23. The number of hydrogen-bond acceptors (Lipinski definition) is 1. The molecule has 0 unspecified atom stereocenters. The Bertz CT molecular complexity index is 574. The van der Waals surface area contributed by atoms with Crippen LogP contribution in [0.15, 0.2) is 0 Å². The number of rotatable bonds is 6. The number of alkyl halides is 15. The van der Waals surface area contributed by atoms with E-state index in [0.717, 1.165) is 0 Å². The summed E-state index contributed by atoms with van der Waals surface area (Å²) in [5.41, 5.74) is 0. The van der Waals surface area contributed by atoms with E-state index >= 15 is 0 Å². The molecule has 0 atom stereocenters. The van der Waals surface area contributed by atoms with Crippen molar-refractivity contribution in [2.24, 2.45) is 0 Å². The first-order valence-electron chi connectivity index (χ1n) is 5.35. The average molecular weight is 449 g/mol. The monoisotopic (exact) mass is 449 g/mol. The topological polar surface area (TPSA) is 20.3 Å². The Hall–Kier alpha value is -1.72. The van der Waals surface area contributed by atoms with Crippen molar-refractivity contribution in [3.05, 3.63) is 0 Å². The highest BCUT2D eigenvalue weighted by Gasteiger charge is 2.94. The van der Waals surface area contributed by atoms with E-state index in [-0.39, 0.29) is 0 Å². The lowest BCUT2D eigenvalue weighted by atomic mass is 9.91. The predicted octanol–water partition coefficient (Wildman–Crippen LogP) is 4.96. The third-order valence-corrected chi connectivity index (χ3v) is 2.75. The molecule has 0 rings (SSSR count). The molecule has 162 valence electrons. The van der Waals surface area contributed by atoms with Crippen molar-refractivity contribution >= 4 is 5.91 Å². The van der Waals surface area contributed by atoms with E-state index in [1.54, 1.807) is 0 Å². The Morgan fingerprint density at radius 1 is 0.481 bits per heavy atom. The molecule has 0 aliphatic heterocycles. The number of halogens is 17. The van der Waals surface area contributed by atoms with Gasteiger partial charge in [0.05, 0.1) is 0 Å². The molecule has 0 aliphatic carbocycles. The molecular weight excluding hydrogens is 449 g/mol. The summed E-state index contributed by atoms with van der Waals surface area (Å²) in [6, 6.07) is 0. The van der Waals surface area contributed by atoms with Crippen LogP contribution in [0.1, 0.15) is 0 Å². The second-order valence-corrected chi connectivity index (χ2v) is 4.48. The van der Waals surface area contributed by atoms with Crippen LogP contribution in [0.3, 0.4) is 0 Å². The van der Waals surface area contributed by atoms with Gasteiger partial charge in [-0.25, -0.2) is 0 Å². The molecule has 0 aliphatic rings. The zero-order chi connectivity index (χ0) is 22.7. The summed E-state index contributed by atoms with van der Waals surface area (Å²) >= 11 is 0. The molecule has 0 spiro atoms. The van der Waals surface area contributed by atoms with Crippen LogP contribution in [-0.4, -0.2) is 53.0 Å². The molecular formula is C8F17NO. The SMILES string of the molecule is O=C(N(F)F)C(F)(F)C(F)(F)C(F)(F)C(F)(F)C(F)(F)C(F)(F)C(F)(F)F. The molecule has 0 bridgehead atoms. The van der Waals surface area contributed by atoms with Gasteiger partial charge in [-0.05, 0) is 0 Å². The van der Waals surface area contributed by atoms with Gasteiger partial charge in [0.15, 0.2) is 0 Å². The lowest BCUT2D eigenvalue weighted by Crippen LogP contribution is -2.73. The number of hydrogen-bond donors (Lipinski definition) is 0. The van der Waals surface area contributed by atoms with Crippen LogP contribution in [-0.2, 0) is 4.79 Å². The molecule has 1 amide bonds. The van der Waals surface area contributed by atoms with Gasteiger partial charge in [-0.15, -0.1) is 0 Å². The molecule has 2 nitrogen and oxygen atoms in total. The predicted molar refractivity (Wildman–Crippen MR) is 44.8 cm³/mol. The van der Waals surface area contributed by atoms with E-state index in [2.05, 4.69) is 0 Å². The molecule has 0 heterocycles. The Kier molecular flexibility index (Phi) is 5.75. The van der Waals surface area contributed by atoms with E-state index in [9.17, 15) is 79.6 Å². The number of carbonyl (C=O) groups is 1. The number of carbonyl (C=O) groups excluding carboxylic acids is 1. The summed E-state index contributed by atoms with van der Waals surface area (Å²) in [6.45, 7) is 0. The zero-order valence-electron chi connectivity index (χ0n) is 11.3. The highest BCUT2D eigenvalue weighted by atomic mass is 19.4. The van der Waals surface area contributed by atoms with E-state index < -0.39 is 53.0 Å². The molecule has 0 aromatic carbocycles. The molecule has 27 heavy (non-hydrogen) atoms. The Morgan fingerprint density at radius 3 is 1.00 bits per heavy atom. The summed E-state index contributed by atoms with van der Waals surface area (Å²) in [6.07, 6.45) is -7.78. The van der Waals surface area contributed by atoms with Gasteiger partial charge in [0, 0.05) is 5.34 Å². The maximum Gasteiger partial charge on any atom is 0.460 e. The van der Waals surface area contributed by atoms with Gasteiger partial charge in [-0.1, -0.05) is 8.96 Å². The van der Waals surface area contributed by atoms with Crippen molar-refractivity contribution in [3.8, 4) is 0 Å². The van der Waals surface area contributed by atoms with Gasteiger partial charge in [0.1, 0.15) is 0 Å². The molecule has 0 N–H and O–H groups in total. The molecule has 0 fully saturated rings. The molecule has 0 aromatic heterocycles. The van der Waals surface area contributed by atoms with Gasteiger partial charge in [0.25, 0.3) is 0 Å². The van der Waals surface area contributed by atoms with Crippen molar-refractivity contribution in [1.82, 2.24) is 5.34 Å². The Balaban J connectivity index is 6.60. The van der Waals surface area contributed by atoms with E-state index in [1.165, 1.54) is 0 Å². The summed E-state index contributed by atoms with van der Waals surface area (Å²) in [4.78, 5) is 10.0. The van der Waals surface area contributed by atoms with E-state index in [4.69, 9.17) is 0 Å². The fourth-order valence-corrected chi connectivity index (χ4v) is 1.21. The molecule has 19 heteroatoms. The maximum atomic E-state index is 12.9. The van der Waals surface area contributed by atoms with Crippen LogP contribution < -0.4 is 0 Å². The molecule has 0 radical (unpaired) electrons. The minimum absolute atomic E-state index is 3.58. The first-order chi connectivity index (χ1) is 11.4. The third kappa shape index (κ3) is 3.11. The van der Waals surface area contributed by atoms with Gasteiger partial charge < -0.3 is 0 Å². The van der Waals surface area contributed by atoms with Crippen molar-refractivity contribution in [1.29, 1.82) is 0 Å². The van der Waals surface area contributed by atoms with E-state index in [1.807, 2.05) is 0 Å². The fourth-order valence-electron chi connectivity index (χ4n) is 1.21. The van der Waals surface area contributed by atoms with Crippen molar-refractivity contribution in [2.45, 2.75) is 41.7 Å². The van der Waals surface area contributed by atoms with Gasteiger partial charge >= 0.3 is 47.6 Å². The third-order valence-electron chi connectivity index (χ3n) is 2.75. The highest BCUT2D eigenvalue weighted by molar-refractivity contribution is 5.83. The number of amides is 1. The second kappa shape index (κ2) is 6.14. The highest BCUT2D eigenvalue weighted by Crippen LogP contribution is 2.62. The largest absolute Gasteiger partial charge is 0.460 e. The quantitative estimate of drug-likeness (QED) is 0.415. The first kappa shape index (κ1) is 25.3. The molecule has 0 saturated carbocycles. The summed E-state index contributed by atoms with van der Waals surface area (Å²) < 4.78 is 211. The van der Waals surface area contributed by atoms with Crippen LogP contribution in [0.2, 0.25) is 0 Å². The van der Waals surface area contributed by atoms with Crippen molar-refractivity contribution in [3.63, 3.8) is 0 Å². The van der Waals surface area contributed by atoms with Crippen molar-refractivity contribution < 1.29 is 79.6 Å². The second-order valence-electron chi connectivity index (χ2n) is 4.48. The van der Waals surface area contributed by atoms with Gasteiger partial charge in [-0.3, -0.25) is 4.79 Å². The lowest BCUT2D eigenvalue weighted by Gasteiger charge is -2.40. The Labute approximate surface area is 134 Å². The summed E-state index contributed by atoms with van der Waals surface area (Å²) in [7, 11) is 0. The fraction of sp³-hybridized carbons (Fsp3) is 0.875. The lowest BCUT2D eigenvalue weighted by molar-refractivity contribution is -0.450. The minimum atomic E-state index is -8.64. The normalized spacial score (nSPS) is 15.7. The van der Waals surface area contributed by atoms with E-state index in [0.29, 0.717) is 0 Å². The smallest absolute Gasteiger partial charge is 0.262 e. The van der Waals surface area contributed by atoms with Crippen LogP contribution >= 0.6 is 0 Å². The Morgan fingerprint density at radius 2 is 0.741 bits per heavy atom. The van der Waals surface area contributed by atoms with Crippen LogP contribution in [0.25, 0.3) is 0 Å². The average Bonchev–Trinajstić information content (AvgIpc) is 2.43. The van der Waals surface area contributed by atoms with Gasteiger partial charge in [0.2, 0.25) is 0 Å². The van der Waals surface area contributed by atoms with Crippen molar-refractivity contribution in [2.75, 3.05) is 0 Å². The van der Waals surface area contributed by atoms with Crippen LogP contribution in [0.5, 0.6) is 0 Å². The number of nitrogens with zero attached hydrogens (tertiary/aromatic N) is 1. The van der Waals surface area contributed by atoms with Crippen LogP contribution in [0, 0.1) is 0 Å². The minimum Gasteiger partial charge on any atom is -0.262 e. The van der Waals surface area contributed by atoms with Crippen LogP contribution in [0.4, 0.5) is 74.8 Å².